The van der Waals surface area contributed by atoms with Gasteiger partial charge in [0.05, 0.1) is 21.2 Å². The summed E-state index contributed by atoms with van der Waals surface area (Å²) in [5.41, 5.74) is 0.476. The van der Waals surface area contributed by atoms with E-state index in [0.29, 0.717) is 52.9 Å². The number of carboxylic acids is 1. The lowest BCUT2D eigenvalue weighted by molar-refractivity contribution is -0.141. The van der Waals surface area contributed by atoms with Gasteiger partial charge in [0, 0.05) is 18.7 Å². The molecular formula is C20H21ClN2O5S. The van der Waals surface area contributed by atoms with Gasteiger partial charge in [0.1, 0.15) is 5.75 Å². The average Bonchev–Trinajstić information content (AvgIpc) is 3.35. The molecule has 0 saturated heterocycles. The van der Waals surface area contributed by atoms with E-state index in [0.717, 1.165) is 0 Å². The molecule has 1 aliphatic rings. The van der Waals surface area contributed by atoms with Gasteiger partial charge in [-0.05, 0) is 55.7 Å². The van der Waals surface area contributed by atoms with Crippen LogP contribution in [0.2, 0.25) is 4.34 Å². The second-order valence-electron chi connectivity index (χ2n) is 6.73. The lowest BCUT2D eigenvalue weighted by atomic mass is 10.1. The van der Waals surface area contributed by atoms with Gasteiger partial charge in [-0.25, -0.2) is 0 Å². The highest BCUT2D eigenvalue weighted by atomic mass is 35.5. The summed E-state index contributed by atoms with van der Waals surface area (Å²) in [5.74, 6) is -0.994. The number of benzene rings is 1. The highest BCUT2D eigenvalue weighted by Crippen LogP contribution is 2.29. The summed E-state index contributed by atoms with van der Waals surface area (Å²) in [5, 5.41) is 14.5. The van der Waals surface area contributed by atoms with E-state index >= 15 is 0 Å². The molecule has 29 heavy (non-hydrogen) atoms. The fourth-order valence-corrected chi connectivity index (χ4v) is 4.09. The minimum absolute atomic E-state index is 0.113. The molecule has 7 nitrogen and oxygen atoms in total. The number of aliphatic carboxylic acids is 1. The molecule has 9 heteroatoms. The van der Waals surface area contributed by atoms with Crippen LogP contribution in [0.5, 0.6) is 5.75 Å². The minimum Gasteiger partial charge on any atom is -0.490 e. The Morgan fingerprint density at radius 1 is 1.03 bits per heavy atom. The van der Waals surface area contributed by atoms with Gasteiger partial charge in [-0.3, -0.25) is 14.4 Å². The van der Waals surface area contributed by atoms with Crippen LogP contribution in [0.3, 0.4) is 0 Å². The van der Waals surface area contributed by atoms with Crippen LogP contribution in [0.1, 0.15) is 39.3 Å². The maximum absolute atomic E-state index is 12.2. The van der Waals surface area contributed by atoms with Crippen LogP contribution >= 0.6 is 22.9 Å². The second kappa shape index (κ2) is 9.76. The van der Waals surface area contributed by atoms with E-state index in [4.69, 9.17) is 21.4 Å². The number of hydrogen-bond donors (Lipinski definition) is 3. The molecule has 3 rings (SSSR count). The zero-order valence-corrected chi connectivity index (χ0v) is 17.1. The van der Waals surface area contributed by atoms with Gasteiger partial charge in [0.2, 0.25) is 0 Å². The number of nitrogens with one attached hydrogen (secondary N) is 2. The van der Waals surface area contributed by atoms with Crippen molar-refractivity contribution in [1.82, 2.24) is 10.6 Å². The monoisotopic (exact) mass is 436 g/mol. The number of carbonyl (C=O) groups excluding carboxylic acids is 2. The molecule has 0 bridgehead atoms. The van der Waals surface area contributed by atoms with Crippen LogP contribution in [0.25, 0.3) is 0 Å². The Morgan fingerprint density at radius 3 is 2.31 bits per heavy atom. The molecule has 2 amide bonds. The van der Waals surface area contributed by atoms with Crippen molar-refractivity contribution >= 4 is 40.7 Å². The average molecular weight is 437 g/mol. The van der Waals surface area contributed by atoms with Gasteiger partial charge >= 0.3 is 5.97 Å². The van der Waals surface area contributed by atoms with Crippen molar-refractivity contribution in [3.63, 3.8) is 0 Å². The van der Waals surface area contributed by atoms with Crippen molar-refractivity contribution in [3.05, 3.63) is 51.2 Å². The molecule has 2 atom stereocenters. The van der Waals surface area contributed by atoms with Gasteiger partial charge in [-0.1, -0.05) is 11.6 Å². The summed E-state index contributed by atoms with van der Waals surface area (Å²) in [4.78, 5) is 35.6. The lowest BCUT2D eigenvalue weighted by Gasteiger charge is -2.14. The fourth-order valence-electron chi connectivity index (χ4n) is 3.13. The molecule has 0 unspecified atom stereocenters. The van der Waals surface area contributed by atoms with E-state index in [2.05, 4.69) is 10.6 Å². The highest BCUT2D eigenvalue weighted by Gasteiger charge is 2.30. The van der Waals surface area contributed by atoms with Crippen LogP contribution < -0.4 is 15.4 Å². The third kappa shape index (κ3) is 5.95. The van der Waals surface area contributed by atoms with Crippen molar-refractivity contribution in [2.75, 3.05) is 13.1 Å². The van der Waals surface area contributed by atoms with Gasteiger partial charge in [0.25, 0.3) is 11.8 Å². The number of carboxylic acid groups (broad SMARTS) is 1. The van der Waals surface area contributed by atoms with Crippen LogP contribution in [0.15, 0.2) is 36.4 Å². The molecule has 1 aromatic heterocycles. The molecule has 1 heterocycles. The summed E-state index contributed by atoms with van der Waals surface area (Å²) >= 11 is 7.00. The molecule has 2 aromatic rings. The van der Waals surface area contributed by atoms with Crippen LogP contribution in [-0.4, -0.2) is 42.1 Å². The maximum atomic E-state index is 12.2. The first-order chi connectivity index (χ1) is 13.9. The summed E-state index contributed by atoms with van der Waals surface area (Å²) in [6.45, 7) is 0.592. The van der Waals surface area contributed by atoms with E-state index in [9.17, 15) is 14.4 Å². The summed E-state index contributed by atoms with van der Waals surface area (Å²) < 4.78 is 6.35. The molecule has 1 fully saturated rings. The standard InChI is InChI=1S/C20H21ClN2O5S/c21-17-8-7-16(29-17)19(25)23-10-9-22-18(24)12-1-4-14(5-2-12)28-15-6-3-13(11-15)20(26)27/h1-2,4-5,7-8,13,15H,3,6,9-11H2,(H,22,24)(H,23,25)(H,26,27)/t13-,15+/m0/s1. The topological polar surface area (TPSA) is 105 Å². The highest BCUT2D eigenvalue weighted by molar-refractivity contribution is 7.17. The Hall–Kier alpha value is -2.58. The summed E-state index contributed by atoms with van der Waals surface area (Å²) in [6.07, 6.45) is 1.72. The zero-order chi connectivity index (χ0) is 20.8. The van der Waals surface area contributed by atoms with Crippen molar-refractivity contribution in [1.29, 1.82) is 0 Å². The zero-order valence-electron chi connectivity index (χ0n) is 15.5. The number of carbonyl (C=O) groups is 3. The number of thiophene rings is 1. The van der Waals surface area contributed by atoms with Crippen LogP contribution in [0.4, 0.5) is 0 Å². The number of hydrogen-bond acceptors (Lipinski definition) is 5. The van der Waals surface area contributed by atoms with Crippen LogP contribution in [-0.2, 0) is 4.79 Å². The quantitative estimate of drug-likeness (QED) is 0.551. The molecule has 1 aliphatic carbocycles. The molecule has 1 saturated carbocycles. The lowest BCUT2D eigenvalue weighted by Crippen LogP contribution is -2.34. The van der Waals surface area contributed by atoms with Gasteiger partial charge in [0.15, 0.2) is 0 Å². The Morgan fingerprint density at radius 2 is 1.72 bits per heavy atom. The number of ether oxygens (including phenoxy) is 1. The SMILES string of the molecule is O=C(NCCNC(=O)c1ccc(Cl)s1)c1ccc(O[C@@H]2CC[C@H](C(=O)O)C2)cc1. The molecule has 3 N–H and O–H groups in total. The van der Waals surface area contributed by atoms with E-state index in [1.165, 1.54) is 11.3 Å². The molecule has 154 valence electrons. The number of rotatable bonds is 8. The molecule has 0 aliphatic heterocycles. The smallest absolute Gasteiger partial charge is 0.306 e. The first-order valence-corrected chi connectivity index (χ1v) is 10.4. The molecule has 1 aromatic carbocycles. The first-order valence-electron chi connectivity index (χ1n) is 9.23. The largest absolute Gasteiger partial charge is 0.490 e. The van der Waals surface area contributed by atoms with Gasteiger partial charge in [-0.2, -0.15) is 0 Å². The van der Waals surface area contributed by atoms with E-state index in [1.54, 1.807) is 36.4 Å². The number of amides is 2. The van der Waals surface area contributed by atoms with E-state index in [1.807, 2.05) is 0 Å². The predicted molar refractivity (Wildman–Crippen MR) is 110 cm³/mol. The second-order valence-corrected chi connectivity index (χ2v) is 8.44. The molecular weight excluding hydrogens is 416 g/mol. The van der Waals surface area contributed by atoms with Crippen molar-refractivity contribution in [2.45, 2.75) is 25.4 Å². The maximum Gasteiger partial charge on any atom is 0.306 e. The summed E-state index contributed by atoms with van der Waals surface area (Å²) in [6, 6.07) is 10.0. The predicted octanol–water partition coefficient (Wildman–Crippen LogP) is 3.19. The fraction of sp³-hybridized carbons (Fsp3) is 0.350. The van der Waals surface area contributed by atoms with E-state index in [-0.39, 0.29) is 23.8 Å². The van der Waals surface area contributed by atoms with Crippen LogP contribution in [0, 0.1) is 5.92 Å². The molecule has 0 spiro atoms. The Kier molecular flexibility index (Phi) is 7.11. The normalized spacial score (nSPS) is 18.2. The minimum atomic E-state index is -0.779. The van der Waals surface area contributed by atoms with Crippen molar-refractivity contribution in [3.8, 4) is 5.75 Å². The van der Waals surface area contributed by atoms with Gasteiger partial charge in [-0.15, -0.1) is 11.3 Å². The third-order valence-electron chi connectivity index (χ3n) is 4.65. The van der Waals surface area contributed by atoms with E-state index < -0.39 is 5.97 Å². The Balaban J connectivity index is 1.40. The number of halogens is 1. The van der Waals surface area contributed by atoms with Crippen molar-refractivity contribution in [2.24, 2.45) is 5.92 Å². The third-order valence-corrected chi connectivity index (χ3v) is 5.88. The first kappa shape index (κ1) is 21.1. The van der Waals surface area contributed by atoms with Gasteiger partial charge < -0.3 is 20.5 Å². The van der Waals surface area contributed by atoms with Crippen molar-refractivity contribution < 1.29 is 24.2 Å². The summed E-state index contributed by atoms with van der Waals surface area (Å²) in [7, 11) is 0. The Labute approximate surface area is 177 Å². The Bertz CT molecular complexity index is 883. The molecule has 0 radical (unpaired) electrons.